The molecule has 4 rings (SSSR count). The highest BCUT2D eigenvalue weighted by Gasteiger charge is 2.30. The standard InChI is InChI=1S/C22H29F3N4O3S2/c1-14-27-28-20(33-14)11-16(30)10-15-2-3-17(31-12-15)4-7-29-8-5-18-19(6-9-29)34-21(26-18)32-13-22(23,24)25/h15,17H,2-13H2,1H3/t15-,17-/m1/s1. The molecular formula is C22H29F3N4O3S2. The van der Waals surface area contributed by atoms with Gasteiger partial charge in [0.2, 0.25) is 0 Å². The number of hydrogen-bond donors (Lipinski definition) is 0. The summed E-state index contributed by atoms with van der Waals surface area (Å²) in [6, 6.07) is 0. The van der Waals surface area contributed by atoms with Gasteiger partial charge in [0, 0.05) is 37.4 Å². The zero-order valence-electron chi connectivity index (χ0n) is 19.1. The number of ether oxygens (including phenoxy) is 2. The topological polar surface area (TPSA) is 77.4 Å². The van der Waals surface area contributed by atoms with Gasteiger partial charge in [0.25, 0.3) is 5.19 Å². The van der Waals surface area contributed by atoms with E-state index in [1.807, 2.05) is 6.92 Å². The van der Waals surface area contributed by atoms with Gasteiger partial charge in [-0.1, -0.05) is 11.3 Å². The Balaban J connectivity index is 1.13. The van der Waals surface area contributed by atoms with Crippen molar-refractivity contribution in [1.29, 1.82) is 0 Å². The largest absolute Gasteiger partial charge is 0.460 e. The van der Waals surface area contributed by atoms with Crippen LogP contribution < -0.4 is 4.74 Å². The van der Waals surface area contributed by atoms with Crippen molar-refractivity contribution in [3.8, 4) is 5.19 Å². The van der Waals surface area contributed by atoms with Gasteiger partial charge in [-0.25, -0.2) is 4.98 Å². The van der Waals surface area contributed by atoms with Crippen LogP contribution in [0.3, 0.4) is 0 Å². The molecule has 12 heteroatoms. The maximum Gasteiger partial charge on any atom is 0.422 e. The van der Waals surface area contributed by atoms with Gasteiger partial charge >= 0.3 is 6.18 Å². The van der Waals surface area contributed by atoms with Crippen molar-refractivity contribution in [2.75, 3.05) is 32.8 Å². The molecule has 0 aliphatic carbocycles. The molecule has 0 amide bonds. The zero-order valence-corrected chi connectivity index (χ0v) is 20.7. The number of aromatic nitrogens is 3. The van der Waals surface area contributed by atoms with Crippen molar-refractivity contribution >= 4 is 28.5 Å². The smallest absolute Gasteiger partial charge is 0.422 e. The molecule has 2 aliphatic heterocycles. The summed E-state index contributed by atoms with van der Waals surface area (Å²) in [6.45, 7) is 3.79. The number of rotatable bonds is 9. The lowest BCUT2D eigenvalue weighted by Gasteiger charge is -2.30. The van der Waals surface area contributed by atoms with E-state index < -0.39 is 12.8 Å². The van der Waals surface area contributed by atoms with E-state index in [2.05, 4.69) is 20.1 Å². The Kier molecular flexibility index (Phi) is 8.54. The minimum atomic E-state index is -4.35. The summed E-state index contributed by atoms with van der Waals surface area (Å²) < 4.78 is 47.9. The van der Waals surface area contributed by atoms with Crippen LogP contribution in [-0.2, 0) is 28.8 Å². The second kappa shape index (κ2) is 11.4. The summed E-state index contributed by atoms with van der Waals surface area (Å²) in [5.74, 6) is 0.465. The highest BCUT2D eigenvalue weighted by Crippen LogP contribution is 2.30. The first-order valence-electron chi connectivity index (χ1n) is 11.6. The maximum absolute atomic E-state index is 12.4. The minimum absolute atomic E-state index is 0.109. The molecule has 4 heterocycles. The molecule has 34 heavy (non-hydrogen) atoms. The van der Waals surface area contributed by atoms with Crippen molar-refractivity contribution in [3.63, 3.8) is 0 Å². The monoisotopic (exact) mass is 518 g/mol. The summed E-state index contributed by atoms with van der Waals surface area (Å²) in [5.41, 5.74) is 0.856. The van der Waals surface area contributed by atoms with Gasteiger partial charge in [0.05, 0.1) is 24.8 Å². The minimum Gasteiger partial charge on any atom is -0.460 e. The Labute approximate surface area is 204 Å². The fourth-order valence-electron chi connectivity index (χ4n) is 4.36. The third-order valence-electron chi connectivity index (χ3n) is 6.10. The van der Waals surface area contributed by atoms with Crippen LogP contribution in [-0.4, -0.2) is 71.0 Å². The van der Waals surface area contributed by atoms with Crippen molar-refractivity contribution < 1.29 is 27.4 Å². The molecule has 0 unspecified atom stereocenters. The van der Waals surface area contributed by atoms with Crippen molar-refractivity contribution in [1.82, 2.24) is 20.1 Å². The number of hydrogen-bond acceptors (Lipinski definition) is 9. The lowest BCUT2D eigenvalue weighted by molar-refractivity contribution is -0.153. The summed E-state index contributed by atoms with van der Waals surface area (Å²) in [4.78, 5) is 20.0. The molecule has 2 aromatic heterocycles. The third-order valence-corrected chi connectivity index (χ3v) is 8.01. The first-order valence-corrected chi connectivity index (χ1v) is 13.2. The number of fused-ring (bicyclic) bond motifs is 1. The van der Waals surface area contributed by atoms with E-state index >= 15 is 0 Å². The molecule has 0 radical (unpaired) electrons. The SMILES string of the molecule is Cc1nnc(CC(=O)C[C@H]2CC[C@H](CCN3CCc4nc(OCC(F)(F)F)sc4CC3)OC2)s1. The van der Waals surface area contributed by atoms with E-state index in [0.717, 1.165) is 65.9 Å². The number of alkyl halides is 3. The highest BCUT2D eigenvalue weighted by molar-refractivity contribution is 7.13. The molecular weight excluding hydrogens is 489 g/mol. The second-order valence-electron chi connectivity index (χ2n) is 8.92. The normalized spacial score (nSPS) is 21.8. The lowest BCUT2D eigenvalue weighted by atomic mass is 9.92. The van der Waals surface area contributed by atoms with Gasteiger partial charge in [-0.2, -0.15) is 13.2 Å². The summed E-state index contributed by atoms with van der Waals surface area (Å²) in [7, 11) is 0. The molecule has 2 aliphatic rings. The molecule has 2 atom stereocenters. The number of aryl methyl sites for hydroxylation is 1. The van der Waals surface area contributed by atoms with E-state index in [0.29, 0.717) is 25.9 Å². The molecule has 0 aromatic carbocycles. The molecule has 188 valence electrons. The molecule has 1 saturated heterocycles. The van der Waals surface area contributed by atoms with E-state index in [-0.39, 0.29) is 23.0 Å². The van der Waals surface area contributed by atoms with Crippen LogP contribution in [0.4, 0.5) is 13.2 Å². The summed E-state index contributed by atoms with van der Waals surface area (Å²) >= 11 is 2.70. The lowest BCUT2D eigenvalue weighted by Crippen LogP contribution is -2.33. The number of halogens is 3. The first-order chi connectivity index (χ1) is 16.2. The fourth-order valence-corrected chi connectivity index (χ4v) is 6.04. The van der Waals surface area contributed by atoms with Gasteiger partial charge in [0.1, 0.15) is 15.8 Å². The maximum atomic E-state index is 12.4. The Bertz CT molecular complexity index is 932. The van der Waals surface area contributed by atoms with E-state index in [9.17, 15) is 18.0 Å². The van der Waals surface area contributed by atoms with Crippen LogP contribution in [0.15, 0.2) is 0 Å². The molecule has 0 saturated carbocycles. The number of nitrogens with zero attached hydrogens (tertiary/aromatic N) is 4. The molecule has 1 fully saturated rings. The van der Waals surface area contributed by atoms with Gasteiger partial charge < -0.3 is 14.4 Å². The van der Waals surface area contributed by atoms with Crippen LogP contribution >= 0.6 is 22.7 Å². The Morgan fingerprint density at radius 1 is 1.21 bits per heavy atom. The average Bonchev–Trinajstić information content (AvgIpc) is 3.32. The molecule has 7 nitrogen and oxygen atoms in total. The number of thiazole rings is 1. The predicted molar refractivity (Wildman–Crippen MR) is 123 cm³/mol. The molecule has 0 spiro atoms. The van der Waals surface area contributed by atoms with Crippen LogP contribution in [0.1, 0.15) is 46.3 Å². The Morgan fingerprint density at radius 2 is 2.03 bits per heavy atom. The van der Waals surface area contributed by atoms with Gasteiger partial charge in [0.15, 0.2) is 6.61 Å². The van der Waals surface area contributed by atoms with Gasteiger partial charge in [-0.3, -0.25) is 4.79 Å². The number of carbonyl (C=O) groups excluding carboxylic acids is 1. The molecule has 0 bridgehead atoms. The summed E-state index contributed by atoms with van der Waals surface area (Å²) in [5, 5.41) is 9.76. The van der Waals surface area contributed by atoms with Gasteiger partial charge in [-0.15, -0.1) is 21.5 Å². The first kappa shape index (κ1) is 25.5. The Hall–Kier alpha value is -1.63. The Morgan fingerprint density at radius 3 is 2.74 bits per heavy atom. The predicted octanol–water partition coefficient (Wildman–Crippen LogP) is 4.03. The van der Waals surface area contributed by atoms with Gasteiger partial charge in [-0.05, 0) is 38.5 Å². The molecule has 0 N–H and O–H groups in total. The van der Waals surface area contributed by atoms with Crippen LogP contribution in [0.25, 0.3) is 0 Å². The summed E-state index contributed by atoms with van der Waals surface area (Å²) in [6.07, 6.45) is 1.11. The van der Waals surface area contributed by atoms with E-state index in [1.165, 1.54) is 22.7 Å². The van der Waals surface area contributed by atoms with E-state index in [1.54, 1.807) is 0 Å². The number of Topliss-reactive ketones (excluding diaryl/α,β-unsaturated/α-hetero) is 1. The zero-order chi connectivity index (χ0) is 24.1. The highest BCUT2D eigenvalue weighted by atomic mass is 32.1. The van der Waals surface area contributed by atoms with Crippen LogP contribution in [0.2, 0.25) is 0 Å². The van der Waals surface area contributed by atoms with Crippen molar-refractivity contribution in [2.45, 2.75) is 64.1 Å². The van der Waals surface area contributed by atoms with Crippen molar-refractivity contribution in [3.05, 3.63) is 20.6 Å². The second-order valence-corrected chi connectivity index (χ2v) is 11.2. The van der Waals surface area contributed by atoms with Crippen LogP contribution in [0, 0.1) is 12.8 Å². The number of ketones is 1. The fraction of sp³-hybridized carbons (Fsp3) is 0.727. The quantitative estimate of drug-likeness (QED) is 0.496. The van der Waals surface area contributed by atoms with Crippen molar-refractivity contribution in [2.24, 2.45) is 5.92 Å². The average molecular weight is 519 g/mol. The molecule has 2 aromatic rings. The third kappa shape index (κ3) is 7.69. The van der Waals surface area contributed by atoms with E-state index in [4.69, 9.17) is 9.47 Å². The number of carbonyl (C=O) groups is 1. The van der Waals surface area contributed by atoms with Crippen LogP contribution in [0.5, 0.6) is 5.19 Å².